The van der Waals surface area contributed by atoms with E-state index in [1.54, 1.807) is 0 Å². The predicted octanol–water partition coefficient (Wildman–Crippen LogP) is 0.551. The van der Waals surface area contributed by atoms with Crippen LogP contribution in [0.2, 0.25) is 0 Å². The normalized spacial score (nSPS) is 15.9. The van der Waals surface area contributed by atoms with Gasteiger partial charge in [0, 0.05) is 43.9 Å². The largest absolute Gasteiger partial charge is 0.333 e. The Labute approximate surface area is 115 Å². The second kappa shape index (κ2) is 5.79. The number of benzene rings is 1. The predicted molar refractivity (Wildman–Crippen MR) is 71.5 cm³/mol. The number of hydrogen-bond acceptors (Lipinski definition) is 5. The highest BCUT2D eigenvalue weighted by atomic mass is 16.6. The first-order chi connectivity index (χ1) is 9.49. The Morgan fingerprint density at radius 2 is 1.85 bits per heavy atom. The van der Waals surface area contributed by atoms with Crippen LogP contribution in [0.3, 0.4) is 0 Å². The summed E-state index contributed by atoms with van der Waals surface area (Å²) in [7, 11) is 1.95. The molecular weight excluding hydrogens is 262 g/mol. The summed E-state index contributed by atoms with van der Waals surface area (Å²) in [6.45, 7) is 2.42. The highest BCUT2D eigenvalue weighted by Gasteiger charge is 2.26. The second-order valence-electron chi connectivity index (χ2n) is 4.73. The Hall–Kier alpha value is -2.28. The summed E-state index contributed by atoms with van der Waals surface area (Å²) in [5.74, 6) is -1.29. The number of nitro groups is 1. The minimum absolute atomic E-state index is 0.0585. The molecule has 1 aliphatic rings. The smallest absolute Gasteiger partial charge is 0.295 e. The highest BCUT2D eigenvalue weighted by Crippen LogP contribution is 2.14. The van der Waals surface area contributed by atoms with Gasteiger partial charge in [-0.3, -0.25) is 19.7 Å². The molecule has 2 rings (SSSR count). The lowest BCUT2D eigenvalue weighted by molar-refractivity contribution is -0.384. The molecule has 1 fully saturated rings. The third-order valence-corrected chi connectivity index (χ3v) is 3.30. The van der Waals surface area contributed by atoms with Crippen molar-refractivity contribution in [2.75, 3.05) is 33.2 Å². The van der Waals surface area contributed by atoms with Crippen LogP contribution >= 0.6 is 0 Å². The number of non-ortho nitro benzene ring substituents is 1. The molecule has 1 saturated heterocycles. The van der Waals surface area contributed by atoms with Crippen molar-refractivity contribution in [1.29, 1.82) is 0 Å². The Morgan fingerprint density at radius 1 is 1.20 bits per heavy atom. The van der Waals surface area contributed by atoms with Crippen molar-refractivity contribution in [3.05, 3.63) is 39.9 Å². The van der Waals surface area contributed by atoms with Crippen molar-refractivity contribution in [2.45, 2.75) is 0 Å². The van der Waals surface area contributed by atoms with Gasteiger partial charge in [-0.05, 0) is 7.05 Å². The minimum atomic E-state index is -0.696. The van der Waals surface area contributed by atoms with Crippen LogP contribution < -0.4 is 0 Å². The van der Waals surface area contributed by atoms with E-state index in [2.05, 4.69) is 4.90 Å². The van der Waals surface area contributed by atoms with Crippen LogP contribution in [0.5, 0.6) is 0 Å². The van der Waals surface area contributed by atoms with Crippen LogP contribution in [0.25, 0.3) is 0 Å². The number of carbonyl (C=O) groups excluding carboxylic acids is 2. The van der Waals surface area contributed by atoms with Crippen molar-refractivity contribution in [2.24, 2.45) is 0 Å². The fourth-order valence-corrected chi connectivity index (χ4v) is 2.04. The summed E-state index contributed by atoms with van der Waals surface area (Å²) in [6.07, 6.45) is 0. The summed E-state index contributed by atoms with van der Waals surface area (Å²) < 4.78 is 0. The Bertz CT molecular complexity index is 550. The van der Waals surface area contributed by atoms with Gasteiger partial charge in [-0.15, -0.1) is 0 Å². The van der Waals surface area contributed by atoms with Gasteiger partial charge < -0.3 is 9.80 Å². The third kappa shape index (κ3) is 3.00. The minimum Gasteiger partial charge on any atom is -0.333 e. The van der Waals surface area contributed by atoms with E-state index in [9.17, 15) is 19.7 Å². The molecule has 1 aliphatic heterocycles. The number of amides is 1. The van der Waals surface area contributed by atoms with Crippen molar-refractivity contribution < 1.29 is 14.5 Å². The molecule has 0 saturated carbocycles. The molecule has 0 radical (unpaired) electrons. The van der Waals surface area contributed by atoms with E-state index in [1.165, 1.54) is 23.1 Å². The number of hydrogen-bond donors (Lipinski definition) is 0. The number of rotatable bonds is 3. The van der Waals surface area contributed by atoms with Crippen LogP contribution in [-0.2, 0) is 4.79 Å². The summed E-state index contributed by atoms with van der Waals surface area (Å²) >= 11 is 0. The molecule has 7 nitrogen and oxygen atoms in total. The van der Waals surface area contributed by atoms with Gasteiger partial charge >= 0.3 is 0 Å². The molecule has 0 aliphatic carbocycles. The zero-order valence-electron chi connectivity index (χ0n) is 11.1. The van der Waals surface area contributed by atoms with Crippen LogP contribution in [0.1, 0.15) is 10.4 Å². The number of nitrogens with zero attached hydrogens (tertiary/aromatic N) is 3. The maximum absolute atomic E-state index is 12.1. The topological polar surface area (TPSA) is 83.8 Å². The molecule has 0 spiro atoms. The monoisotopic (exact) mass is 277 g/mol. The van der Waals surface area contributed by atoms with E-state index in [1.807, 2.05) is 7.05 Å². The summed E-state index contributed by atoms with van der Waals surface area (Å²) in [5, 5.41) is 10.7. The first-order valence-corrected chi connectivity index (χ1v) is 6.25. The second-order valence-corrected chi connectivity index (χ2v) is 4.73. The van der Waals surface area contributed by atoms with Crippen molar-refractivity contribution in [1.82, 2.24) is 9.80 Å². The molecule has 0 atom stereocenters. The molecule has 7 heteroatoms. The number of ketones is 1. The van der Waals surface area contributed by atoms with Crippen molar-refractivity contribution in [3.8, 4) is 0 Å². The molecule has 0 unspecified atom stereocenters. The number of Topliss-reactive ketones (excluding diaryl/α,β-unsaturated/α-hetero) is 1. The van der Waals surface area contributed by atoms with Crippen molar-refractivity contribution >= 4 is 17.4 Å². The zero-order chi connectivity index (χ0) is 14.7. The fraction of sp³-hybridized carbons (Fsp3) is 0.385. The third-order valence-electron chi connectivity index (χ3n) is 3.30. The number of nitro benzene ring substituents is 1. The summed E-state index contributed by atoms with van der Waals surface area (Å²) in [4.78, 5) is 37.8. The van der Waals surface area contributed by atoms with Gasteiger partial charge in [0.05, 0.1) is 4.92 Å². The number of likely N-dealkylation sites (N-methyl/N-ethyl adjacent to an activating group) is 1. The summed E-state index contributed by atoms with van der Waals surface area (Å²) in [6, 6.07) is 5.25. The lowest BCUT2D eigenvalue weighted by Crippen LogP contribution is -2.49. The van der Waals surface area contributed by atoms with Crippen LogP contribution in [0, 0.1) is 10.1 Å². The van der Waals surface area contributed by atoms with E-state index in [0.717, 1.165) is 6.07 Å². The molecule has 20 heavy (non-hydrogen) atoms. The molecule has 0 aromatic heterocycles. The molecule has 0 bridgehead atoms. The standard InChI is InChI=1S/C13H15N3O4/c1-14-5-7-15(8-6-14)13(18)12(17)10-3-2-4-11(9-10)16(19)20/h2-4,9H,5-8H2,1H3. The number of carbonyl (C=O) groups is 2. The van der Waals surface area contributed by atoms with Crippen LogP contribution in [0.15, 0.2) is 24.3 Å². The quantitative estimate of drug-likeness (QED) is 0.349. The molecule has 1 aromatic carbocycles. The average Bonchev–Trinajstić information content (AvgIpc) is 2.46. The highest BCUT2D eigenvalue weighted by molar-refractivity contribution is 6.42. The van der Waals surface area contributed by atoms with E-state index >= 15 is 0 Å². The lowest BCUT2D eigenvalue weighted by atomic mass is 10.1. The summed E-state index contributed by atoms with van der Waals surface area (Å²) in [5.41, 5.74) is -0.134. The average molecular weight is 277 g/mol. The molecule has 1 amide bonds. The van der Waals surface area contributed by atoms with E-state index in [4.69, 9.17) is 0 Å². The number of piperazine rings is 1. The maximum Gasteiger partial charge on any atom is 0.295 e. The van der Waals surface area contributed by atoms with Gasteiger partial charge in [-0.25, -0.2) is 0 Å². The van der Waals surface area contributed by atoms with Crippen LogP contribution in [0.4, 0.5) is 5.69 Å². The fourth-order valence-electron chi connectivity index (χ4n) is 2.04. The van der Waals surface area contributed by atoms with Crippen LogP contribution in [-0.4, -0.2) is 59.6 Å². The van der Waals surface area contributed by atoms with Crippen molar-refractivity contribution in [3.63, 3.8) is 0 Å². The molecule has 1 aromatic rings. The van der Waals surface area contributed by atoms with Gasteiger partial charge in [0.1, 0.15) is 0 Å². The molecule has 106 valence electrons. The van der Waals surface area contributed by atoms with Gasteiger partial charge in [0.2, 0.25) is 0 Å². The van der Waals surface area contributed by atoms with E-state index in [0.29, 0.717) is 26.2 Å². The van der Waals surface area contributed by atoms with Gasteiger partial charge in [-0.2, -0.15) is 0 Å². The SMILES string of the molecule is CN1CCN(C(=O)C(=O)c2cccc([N+](=O)[O-])c2)CC1. The molecular formula is C13H15N3O4. The first-order valence-electron chi connectivity index (χ1n) is 6.25. The Kier molecular flexibility index (Phi) is 4.09. The molecule has 0 N–H and O–H groups in total. The lowest BCUT2D eigenvalue weighted by Gasteiger charge is -2.31. The van der Waals surface area contributed by atoms with Gasteiger partial charge in [-0.1, -0.05) is 12.1 Å². The Morgan fingerprint density at radius 3 is 2.45 bits per heavy atom. The molecule has 1 heterocycles. The zero-order valence-corrected chi connectivity index (χ0v) is 11.1. The van der Waals surface area contributed by atoms with E-state index in [-0.39, 0.29) is 11.3 Å². The maximum atomic E-state index is 12.1. The first kappa shape index (κ1) is 14.1. The Balaban J connectivity index is 2.12. The van der Waals surface area contributed by atoms with Gasteiger partial charge in [0.25, 0.3) is 17.4 Å². The van der Waals surface area contributed by atoms with Gasteiger partial charge in [0.15, 0.2) is 0 Å². The van der Waals surface area contributed by atoms with E-state index < -0.39 is 16.6 Å².